The lowest BCUT2D eigenvalue weighted by Crippen LogP contribution is -2.23. The van der Waals surface area contributed by atoms with Gasteiger partial charge in [-0.15, -0.1) is 0 Å². The number of ether oxygens (including phenoxy) is 2. The molecule has 2 amide bonds. The van der Waals surface area contributed by atoms with E-state index in [9.17, 15) is 14.0 Å². The van der Waals surface area contributed by atoms with Gasteiger partial charge in [0.05, 0.1) is 24.9 Å². The number of carbonyl (C=O) groups excluding carboxylic acids is 2. The average Bonchev–Trinajstić information content (AvgIpc) is 3.29. The van der Waals surface area contributed by atoms with Crippen molar-refractivity contribution < 1.29 is 27.9 Å². The molecule has 1 aliphatic rings. The Bertz CT molecular complexity index is 1070. The Kier molecular flexibility index (Phi) is 4.38. The van der Waals surface area contributed by atoms with Crippen molar-refractivity contribution in [3.63, 3.8) is 0 Å². The van der Waals surface area contributed by atoms with Gasteiger partial charge in [-0.1, -0.05) is 0 Å². The summed E-state index contributed by atoms with van der Waals surface area (Å²) in [6, 6.07) is 8.95. The molecule has 8 heteroatoms. The first-order valence-corrected chi connectivity index (χ1v) is 8.60. The van der Waals surface area contributed by atoms with Crippen molar-refractivity contribution in [2.75, 3.05) is 32.2 Å². The minimum Gasteiger partial charge on any atom is -0.495 e. The van der Waals surface area contributed by atoms with Crippen molar-refractivity contribution in [2.45, 2.75) is 0 Å². The standard InChI is InChI=1S/C20H17FN2O5/c1-22-19(24)17-13-9-16(26-2)14(23-7-8-27-20(23)25)10-15(13)28-18(17)11-3-5-12(21)6-4-11/h3-6,9-10H,7-8H2,1-2H3,(H,22,24). The highest BCUT2D eigenvalue weighted by Gasteiger charge is 2.29. The van der Waals surface area contributed by atoms with Crippen LogP contribution in [0.2, 0.25) is 0 Å². The van der Waals surface area contributed by atoms with Crippen LogP contribution in [0.5, 0.6) is 5.75 Å². The lowest BCUT2D eigenvalue weighted by Gasteiger charge is -2.16. The minimum atomic E-state index is -0.477. The summed E-state index contributed by atoms with van der Waals surface area (Å²) < 4.78 is 29.7. The van der Waals surface area contributed by atoms with Crippen LogP contribution in [0, 0.1) is 5.82 Å². The summed E-state index contributed by atoms with van der Waals surface area (Å²) in [4.78, 5) is 26.0. The zero-order chi connectivity index (χ0) is 19.8. The molecule has 3 aromatic rings. The number of benzene rings is 2. The molecule has 2 aromatic carbocycles. The number of carbonyl (C=O) groups is 2. The van der Waals surface area contributed by atoms with Crippen LogP contribution < -0.4 is 15.0 Å². The normalized spacial score (nSPS) is 13.7. The minimum absolute atomic E-state index is 0.280. The van der Waals surface area contributed by atoms with E-state index in [4.69, 9.17) is 13.9 Å². The predicted octanol–water partition coefficient (Wildman–Crippen LogP) is 3.56. The summed E-state index contributed by atoms with van der Waals surface area (Å²) in [6.07, 6.45) is -0.477. The Morgan fingerprint density at radius 2 is 2.00 bits per heavy atom. The molecular weight excluding hydrogens is 367 g/mol. The number of fused-ring (bicyclic) bond motifs is 1. The van der Waals surface area contributed by atoms with Crippen LogP contribution in [0.3, 0.4) is 0 Å². The average molecular weight is 384 g/mol. The molecule has 144 valence electrons. The quantitative estimate of drug-likeness (QED) is 0.744. The summed E-state index contributed by atoms with van der Waals surface area (Å²) in [6.45, 7) is 0.664. The number of hydrogen-bond donors (Lipinski definition) is 1. The van der Waals surface area contributed by atoms with Crippen LogP contribution >= 0.6 is 0 Å². The topological polar surface area (TPSA) is 81.0 Å². The molecule has 0 aliphatic carbocycles. The van der Waals surface area contributed by atoms with E-state index >= 15 is 0 Å². The number of amides is 2. The van der Waals surface area contributed by atoms with Crippen LogP contribution in [0.25, 0.3) is 22.3 Å². The summed E-state index contributed by atoms with van der Waals surface area (Å²) in [5.41, 5.74) is 1.74. The van der Waals surface area contributed by atoms with Gasteiger partial charge in [0.15, 0.2) is 0 Å². The van der Waals surface area contributed by atoms with Gasteiger partial charge >= 0.3 is 6.09 Å². The number of methoxy groups -OCH3 is 1. The van der Waals surface area contributed by atoms with Gasteiger partial charge in [-0.3, -0.25) is 9.69 Å². The second kappa shape index (κ2) is 6.88. The molecule has 1 fully saturated rings. The molecule has 1 aromatic heterocycles. The van der Waals surface area contributed by atoms with E-state index in [1.54, 1.807) is 12.1 Å². The van der Waals surface area contributed by atoms with Gasteiger partial charge in [-0.2, -0.15) is 0 Å². The zero-order valence-electron chi connectivity index (χ0n) is 15.2. The smallest absolute Gasteiger partial charge is 0.414 e. The van der Waals surface area contributed by atoms with Crippen LogP contribution in [0.1, 0.15) is 10.4 Å². The lowest BCUT2D eigenvalue weighted by atomic mass is 10.0. The fraction of sp³-hybridized carbons (Fsp3) is 0.200. The number of halogens is 1. The molecule has 0 radical (unpaired) electrons. The van der Waals surface area contributed by atoms with Gasteiger partial charge in [0.2, 0.25) is 0 Å². The fourth-order valence-electron chi connectivity index (χ4n) is 3.25. The molecule has 0 saturated carbocycles. The monoisotopic (exact) mass is 384 g/mol. The van der Waals surface area contributed by atoms with Gasteiger partial charge in [-0.25, -0.2) is 9.18 Å². The molecule has 0 bridgehead atoms. The summed E-state index contributed by atoms with van der Waals surface area (Å²) >= 11 is 0. The second-order valence-electron chi connectivity index (χ2n) is 6.18. The molecule has 1 N–H and O–H groups in total. The molecule has 28 heavy (non-hydrogen) atoms. The van der Waals surface area contributed by atoms with Gasteiger partial charge < -0.3 is 19.2 Å². The van der Waals surface area contributed by atoms with Crippen LogP contribution in [-0.2, 0) is 4.74 Å². The molecule has 2 heterocycles. The first kappa shape index (κ1) is 17.8. The predicted molar refractivity (Wildman–Crippen MR) is 100 cm³/mol. The largest absolute Gasteiger partial charge is 0.495 e. The first-order chi connectivity index (χ1) is 13.5. The van der Waals surface area contributed by atoms with Crippen molar-refractivity contribution in [2.24, 2.45) is 0 Å². The number of furan rings is 1. The second-order valence-corrected chi connectivity index (χ2v) is 6.18. The maximum atomic E-state index is 13.3. The molecule has 4 rings (SSSR count). The molecule has 1 aliphatic heterocycles. The summed E-state index contributed by atoms with van der Waals surface area (Å²) in [7, 11) is 2.99. The number of hydrogen-bond acceptors (Lipinski definition) is 5. The van der Waals surface area contributed by atoms with E-state index in [-0.39, 0.29) is 12.5 Å². The van der Waals surface area contributed by atoms with Crippen LogP contribution in [-0.4, -0.2) is 39.3 Å². The number of nitrogens with zero attached hydrogens (tertiary/aromatic N) is 1. The summed E-state index contributed by atoms with van der Waals surface area (Å²) in [5.74, 6) is -0.0353. The van der Waals surface area contributed by atoms with E-state index < -0.39 is 11.9 Å². The highest BCUT2D eigenvalue weighted by Crippen LogP contribution is 2.40. The highest BCUT2D eigenvalue weighted by atomic mass is 19.1. The SMILES string of the molecule is CNC(=O)c1c(-c2ccc(F)cc2)oc2cc(N3CCOC3=O)c(OC)cc12. The molecule has 1 saturated heterocycles. The van der Waals surface area contributed by atoms with E-state index in [1.807, 2.05) is 0 Å². The maximum Gasteiger partial charge on any atom is 0.414 e. The highest BCUT2D eigenvalue weighted by molar-refractivity contribution is 6.12. The zero-order valence-corrected chi connectivity index (χ0v) is 15.2. The Balaban J connectivity index is 1.96. The van der Waals surface area contributed by atoms with E-state index in [0.717, 1.165) is 0 Å². The Morgan fingerprint density at radius 3 is 2.61 bits per heavy atom. The molecule has 7 nitrogen and oxygen atoms in total. The molecular formula is C20H17FN2O5. The van der Waals surface area contributed by atoms with Gasteiger partial charge in [0, 0.05) is 24.1 Å². The number of cyclic esters (lactones) is 1. The van der Waals surface area contributed by atoms with E-state index in [0.29, 0.717) is 45.8 Å². The van der Waals surface area contributed by atoms with Crippen molar-refractivity contribution >= 4 is 28.7 Å². The maximum absolute atomic E-state index is 13.3. The summed E-state index contributed by atoms with van der Waals surface area (Å²) in [5, 5.41) is 3.12. The third-order valence-corrected chi connectivity index (χ3v) is 4.60. The molecule has 0 spiro atoms. The van der Waals surface area contributed by atoms with Gasteiger partial charge in [-0.05, 0) is 30.3 Å². The van der Waals surface area contributed by atoms with Gasteiger partial charge in [0.25, 0.3) is 5.91 Å². The Morgan fingerprint density at radius 1 is 1.25 bits per heavy atom. The number of rotatable bonds is 4. The third kappa shape index (κ3) is 2.83. The van der Waals surface area contributed by atoms with Crippen molar-refractivity contribution in [1.29, 1.82) is 0 Å². The van der Waals surface area contributed by atoms with Crippen LogP contribution in [0.15, 0.2) is 40.8 Å². The van der Waals surface area contributed by atoms with Crippen molar-refractivity contribution in [3.8, 4) is 17.1 Å². The van der Waals surface area contributed by atoms with Crippen molar-refractivity contribution in [1.82, 2.24) is 5.32 Å². The van der Waals surface area contributed by atoms with Gasteiger partial charge in [0.1, 0.15) is 29.5 Å². The van der Waals surface area contributed by atoms with Crippen LogP contribution in [0.4, 0.5) is 14.9 Å². The lowest BCUT2D eigenvalue weighted by molar-refractivity contribution is 0.0964. The number of anilines is 1. The number of nitrogens with one attached hydrogen (secondary N) is 1. The van der Waals surface area contributed by atoms with E-state index in [2.05, 4.69) is 5.32 Å². The molecule has 0 unspecified atom stereocenters. The van der Waals surface area contributed by atoms with Crippen molar-refractivity contribution in [3.05, 3.63) is 47.8 Å². The van der Waals surface area contributed by atoms with E-state index in [1.165, 1.54) is 43.3 Å². The fourth-order valence-corrected chi connectivity index (χ4v) is 3.25. The Hall–Kier alpha value is -3.55. The molecule has 0 atom stereocenters. The third-order valence-electron chi connectivity index (χ3n) is 4.60. The first-order valence-electron chi connectivity index (χ1n) is 8.60. The Labute approximate surface area is 159 Å².